The third-order valence-electron chi connectivity index (χ3n) is 4.83. The number of amides is 1. The summed E-state index contributed by atoms with van der Waals surface area (Å²) < 4.78 is 6.73. The highest BCUT2D eigenvalue weighted by Crippen LogP contribution is 2.34. The molecule has 2 aromatic carbocycles. The highest BCUT2D eigenvalue weighted by molar-refractivity contribution is 6.37. The molecule has 9 nitrogen and oxygen atoms in total. The van der Waals surface area contributed by atoms with E-state index in [-0.39, 0.29) is 22.7 Å². The Balaban J connectivity index is 1.99. The Hall–Kier alpha value is -3.82. The van der Waals surface area contributed by atoms with Crippen molar-refractivity contribution < 1.29 is 29.3 Å². The maximum atomic E-state index is 12.9. The van der Waals surface area contributed by atoms with Crippen LogP contribution in [0, 0.1) is 0 Å². The molecule has 0 radical (unpaired) electrons. The predicted octanol–water partition coefficient (Wildman–Crippen LogP) is 0.957. The van der Waals surface area contributed by atoms with Crippen LogP contribution in [0.2, 0.25) is 5.02 Å². The number of ether oxygens (including phenoxy) is 1. The standard InChI is InChI=1S/C23H21B2ClN2O7/c1-12(29)16-7-4-14(26)8-17(16)18-9-21(31)28(10-19(18)35-23(24,25)34)11-20(30)27-15-5-2-13(3-6-15)22(32)33/h2-10,34H,11,24-25H2,1H3,(H,27,30)(H,32,33). The number of pyridine rings is 1. The molecule has 12 heteroatoms. The number of halogens is 1. The summed E-state index contributed by atoms with van der Waals surface area (Å²) in [6.45, 7) is 0.981. The van der Waals surface area contributed by atoms with E-state index < -0.39 is 29.6 Å². The molecule has 0 spiro atoms. The molecule has 0 bridgehead atoms. The summed E-state index contributed by atoms with van der Waals surface area (Å²) in [5.41, 5.74) is -0.914. The van der Waals surface area contributed by atoms with Gasteiger partial charge in [-0.2, -0.15) is 0 Å². The first-order valence-corrected chi connectivity index (χ1v) is 10.8. The fraction of sp³-hybridized carbons (Fsp3) is 0.130. The zero-order valence-electron chi connectivity index (χ0n) is 19.2. The maximum absolute atomic E-state index is 12.9. The molecule has 0 saturated heterocycles. The van der Waals surface area contributed by atoms with Gasteiger partial charge in [0.25, 0.3) is 5.56 Å². The highest BCUT2D eigenvalue weighted by atomic mass is 35.5. The lowest BCUT2D eigenvalue weighted by Crippen LogP contribution is -2.37. The van der Waals surface area contributed by atoms with E-state index in [1.54, 1.807) is 6.07 Å². The number of carboxylic acid groups (broad SMARTS) is 1. The topological polar surface area (TPSA) is 135 Å². The molecule has 0 aliphatic carbocycles. The van der Waals surface area contributed by atoms with Gasteiger partial charge in [-0.3, -0.25) is 14.4 Å². The summed E-state index contributed by atoms with van der Waals surface area (Å²) in [6.07, 6.45) is 1.27. The van der Waals surface area contributed by atoms with E-state index in [0.717, 1.165) is 4.57 Å². The first kappa shape index (κ1) is 25.8. The summed E-state index contributed by atoms with van der Waals surface area (Å²) in [6, 6.07) is 11.3. The van der Waals surface area contributed by atoms with Crippen molar-refractivity contribution in [1.82, 2.24) is 4.57 Å². The maximum Gasteiger partial charge on any atom is 0.335 e. The first-order valence-electron chi connectivity index (χ1n) is 10.4. The normalized spacial score (nSPS) is 11.1. The summed E-state index contributed by atoms with van der Waals surface area (Å²) in [7, 11) is 2.78. The minimum absolute atomic E-state index is 0.0560. The van der Waals surface area contributed by atoms with Gasteiger partial charge in [0.2, 0.25) is 5.91 Å². The molecule has 0 saturated carbocycles. The Labute approximate surface area is 207 Å². The van der Waals surface area contributed by atoms with Gasteiger partial charge in [0.15, 0.2) is 21.5 Å². The fourth-order valence-corrected chi connectivity index (χ4v) is 3.51. The van der Waals surface area contributed by atoms with Gasteiger partial charge in [-0.05, 0) is 55.0 Å². The Morgan fingerprint density at radius 3 is 2.31 bits per heavy atom. The lowest BCUT2D eigenvalue weighted by atomic mass is 9.76. The largest absolute Gasteiger partial charge is 0.478 e. The molecule has 0 aliphatic rings. The number of ketones is 1. The molecule has 35 heavy (non-hydrogen) atoms. The Morgan fingerprint density at radius 1 is 1.09 bits per heavy atom. The summed E-state index contributed by atoms with van der Waals surface area (Å²) in [5, 5.41) is 22.1. The molecule has 0 fully saturated rings. The number of carbonyl (C=O) groups excluding carboxylic acids is 2. The van der Waals surface area contributed by atoms with Crippen LogP contribution >= 0.6 is 11.6 Å². The number of nitrogens with zero attached hydrogens (tertiary/aromatic N) is 1. The summed E-state index contributed by atoms with van der Waals surface area (Å²) >= 11 is 6.13. The van der Waals surface area contributed by atoms with E-state index in [1.165, 1.54) is 71.3 Å². The predicted molar refractivity (Wildman–Crippen MR) is 136 cm³/mol. The number of benzene rings is 2. The third-order valence-corrected chi connectivity index (χ3v) is 5.06. The molecule has 1 heterocycles. The van der Waals surface area contributed by atoms with E-state index in [9.17, 15) is 24.3 Å². The number of carboxylic acids is 1. The minimum atomic E-state index is -1.64. The average molecular weight is 495 g/mol. The Morgan fingerprint density at radius 2 is 1.74 bits per heavy atom. The van der Waals surface area contributed by atoms with Crippen molar-refractivity contribution in [2.45, 2.75) is 19.1 Å². The summed E-state index contributed by atoms with van der Waals surface area (Å²) in [5.74, 6) is -1.85. The van der Waals surface area contributed by atoms with Crippen LogP contribution in [-0.2, 0) is 11.3 Å². The molecule has 1 aromatic heterocycles. The minimum Gasteiger partial charge on any atom is -0.478 e. The highest BCUT2D eigenvalue weighted by Gasteiger charge is 2.22. The molecule has 0 unspecified atom stereocenters. The number of Topliss-reactive ketones (excluding diaryl/α,β-unsaturated/α-hetero) is 1. The van der Waals surface area contributed by atoms with Crippen LogP contribution in [-0.4, -0.2) is 53.7 Å². The lowest BCUT2D eigenvalue weighted by Gasteiger charge is -2.24. The van der Waals surface area contributed by atoms with Gasteiger partial charge >= 0.3 is 5.97 Å². The van der Waals surface area contributed by atoms with Crippen molar-refractivity contribution >= 4 is 50.6 Å². The quantitative estimate of drug-likeness (QED) is 0.241. The van der Waals surface area contributed by atoms with Crippen molar-refractivity contribution in [2.75, 3.05) is 5.32 Å². The number of aliphatic hydroxyl groups is 1. The van der Waals surface area contributed by atoms with Crippen LogP contribution in [0.25, 0.3) is 11.1 Å². The van der Waals surface area contributed by atoms with Crippen LogP contribution < -0.4 is 15.6 Å². The van der Waals surface area contributed by atoms with E-state index in [2.05, 4.69) is 5.32 Å². The molecular formula is C23H21B2ClN2O7. The number of aromatic nitrogens is 1. The fourth-order valence-electron chi connectivity index (χ4n) is 3.33. The van der Waals surface area contributed by atoms with Crippen LogP contribution in [0.15, 0.2) is 59.5 Å². The zero-order valence-corrected chi connectivity index (χ0v) is 19.9. The lowest BCUT2D eigenvalue weighted by molar-refractivity contribution is -0.116. The Kier molecular flexibility index (Phi) is 7.52. The second-order valence-corrected chi connectivity index (χ2v) is 8.68. The molecule has 1 amide bonds. The molecular weight excluding hydrogens is 473 g/mol. The zero-order chi connectivity index (χ0) is 25.9. The van der Waals surface area contributed by atoms with Gasteiger partial charge < -0.3 is 24.8 Å². The molecule has 178 valence electrons. The van der Waals surface area contributed by atoms with E-state index in [4.69, 9.17) is 21.4 Å². The van der Waals surface area contributed by atoms with Gasteiger partial charge in [-0.1, -0.05) is 11.6 Å². The first-order chi connectivity index (χ1) is 16.3. The molecule has 0 aliphatic heterocycles. The van der Waals surface area contributed by atoms with Crippen molar-refractivity contribution in [3.63, 3.8) is 0 Å². The third kappa shape index (κ3) is 6.62. The number of aromatic carboxylic acids is 1. The van der Waals surface area contributed by atoms with E-state index >= 15 is 0 Å². The van der Waals surface area contributed by atoms with Crippen LogP contribution in [0.4, 0.5) is 5.69 Å². The van der Waals surface area contributed by atoms with Crippen LogP contribution in [0.1, 0.15) is 27.6 Å². The Bertz CT molecular complexity index is 1370. The second kappa shape index (κ2) is 10.2. The number of carbonyl (C=O) groups is 3. The van der Waals surface area contributed by atoms with Gasteiger partial charge in [-0.15, -0.1) is 0 Å². The molecule has 3 rings (SSSR count). The number of rotatable bonds is 8. The van der Waals surface area contributed by atoms with Crippen LogP contribution in [0.5, 0.6) is 5.75 Å². The molecule has 3 aromatic rings. The van der Waals surface area contributed by atoms with Crippen molar-refractivity contribution in [3.05, 3.63) is 81.2 Å². The monoisotopic (exact) mass is 494 g/mol. The SMILES string of the molecule is BC(B)(O)Oc1cn(CC(=O)Nc2ccc(C(=O)O)cc2)c(=O)cc1-c1cc(Cl)ccc1C(C)=O. The smallest absolute Gasteiger partial charge is 0.335 e. The average Bonchev–Trinajstić information content (AvgIpc) is 2.74. The molecule has 3 N–H and O–H groups in total. The van der Waals surface area contributed by atoms with Gasteiger partial charge in [0.05, 0.1) is 11.8 Å². The number of hydrogen-bond donors (Lipinski definition) is 3. The van der Waals surface area contributed by atoms with E-state index in [1.807, 2.05) is 0 Å². The number of anilines is 1. The van der Waals surface area contributed by atoms with Crippen molar-refractivity contribution in [3.8, 4) is 16.9 Å². The second-order valence-electron chi connectivity index (χ2n) is 8.24. The number of hydrogen-bond acceptors (Lipinski definition) is 6. The summed E-state index contributed by atoms with van der Waals surface area (Å²) in [4.78, 5) is 48.6. The number of nitrogens with one attached hydrogen (secondary N) is 1. The molecule has 0 atom stereocenters. The van der Waals surface area contributed by atoms with Gasteiger partial charge in [0, 0.05) is 27.9 Å². The van der Waals surface area contributed by atoms with Gasteiger partial charge in [0.1, 0.15) is 17.9 Å². The van der Waals surface area contributed by atoms with Crippen molar-refractivity contribution in [2.24, 2.45) is 0 Å². The van der Waals surface area contributed by atoms with Crippen LogP contribution in [0.3, 0.4) is 0 Å². The van der Waals surface area contributed by atoms with Crippen molar-refractivity contribution in [1.29, 1.82) is 0 Å². The van der Waals surface area contributed by atoms with Gasteiger partial charge in [-0.25, -0.2) is 4.79 Å². The van der Waals surface area contributed by atoms with E-state index in [0.29, 0.717) is 21.8 Å².